The first kappa shape index (κ1) is 15.7. The van der Waals surface area contributed by atoms with Gasteiger partial charge in [0.15, 0.2) is 0 Å². The fourth-order valence-electron chi connectivity index (χ4n) is 2.54. The van der Waals surface area contributed by atoms with Crippen LogP contribution in [0, 0.1) is 0 Å². The van der Waals surface area contributed by atoms with E-state index in [0.29, 0.717) is 16.7 Å². The van der Waals surface area contributed by atoms with Crippen LogP contribution < -0.4 is 0 Å². The van der Waals surface area contributed by atoms with Crippen LogP contribution in [0.2, 0.25) is 10.0 Å². The number of rotatable bonds is 4. The zero-order chi connectivity index (χ0) is 15.5. The summed E-state index contributed by atoms with van der Waals surface area (Å²) < 4.78 is 5.86. The van der Waals surface area contributed by atoms with Gasteiger partial charge in [-0.25, -0.2) is 4.98 Å². The van der Waals surface area contributed by atoms with Crippen LogP contribution in [0.1, 0.15) is 30.2 Å². The number of benzene rings is 1. The van der Waals surface area contributed by atoms with Gasteiger partial charge in [-0.1, -0.05) is 36.2 Å². The summed E-state index contributed by atoms with van der Waals surface area (Å²) in [5.41, 5.74) is 1.05. The molecule has 1 aromatic carbocycles. The van der Waals surface area contributed by atoms with Crippen LogP contribution in [0.25, 0.3) is 0 Å². The number of nitrogens with zero attached hydrogens (tertiary/aromatic N) is 3. The molecule has 0 spiro atoms. The minimum atomic E-state index is -0.00270. The second kappa shape index (κ2) is 6.96. The highest BCUT2D eigenvalue weighted by atomic mass is 35.5. The Hall–Kier alpha value is -1.14. The summed E-state index contributed by atoms with van der Waals surface area (Å²) in [6.45, 7) is 5.13. The van der Waals surface area contributed by atoms with Crippen molar-refractivity contribution in [2.75, 3.05) is 19.7 Å². The molecule has 2 aromatic rings. The van der Waals surface area contributed by atoms with Crippen molar-refractivity contribution in [1.82, 2.24) is 20.1 Å². The van der Waals surface area contributed by atoms with Crippen LogP contribution in [-0.4, -0.2) is 39.8 Å². The Balaban J connectivity index is 1.67. The molecule has 1 aliphatic rings. The maximum absolute atomic E-state index is 6.09. The molecule has 7 heteroatoms. The highest BCUT2D eigenvalue weighted by Gasteiger charge is 2.23. The van der Waals surface area contributed by atoms with Gasteiger partial charge in [0.25, 0.3) is 0 Å². The predicted octanol–water partition coefficient (Wildman–Crippen LogP) is 3.25. The molecule has 0 bridgehead atoms. The van der Waals surface area contributed by atoms with Crippen molar-refractivity contribution in [2.24, 2.45) is 0 Å². The van der Waals surface area contributed by atoms with Crippen molar-refractivity contribution in [3.63, 3.8) is 0 Å². The highest BCUT2D eigenvalue weighted by molar-refractivity contribution is 6.42. The molecule has 2 heterocycles. The quantitative estimate of drug-likeness (QED) is 0.928. The number of H-pyrrole nitrogens is 1. The number of aryl methyl sites for hydroxylation is 1. The average molecular weight is 341 g/mol. The third-order valence-corrected chi connectivity index (χ3v) is 4.47. The number of morpholine rings is 1. The largest absolute Gasteiger partial charge is 0.371 e. The van der Waals surface area contributed by atoms with Gasteiger partial charge in [0, 0.05) is 19.5 Å². The van der Waals surface area contributed by atoms with Gasteiger partial charge in [-0.05, 0) is 17.7 Å². The fourth-order valence-corrected chi connectivity index (χ4v) is 2.84. The van der Waals surface area contributed by atoms with E-state index in [4.69, 9.17) is 27.9 Å². The Morgan fingerprint density at radius 3 is 2.95 bits per heavy atom. The van der Waals surface area contributed by atoms with Crippen LogP contribution in [0.4, 0.5) is 0 Å². The lowest BCUT2D eigenvalue weighted by Gasteiger charge is -2.32. The molecule has 118 valence electrons. The van der Waals surface area contributed by atoms with E-state index >= 15 is 0 Å². The zero-order valence-electron chi connectivity index (χ0n) is 12.4. The van der Waals surface area contributed by atoms with Crippen molar-refractivity contribution in [1.29, 1.82) is 0 Å². The summed E-state index contributed by atoms with van der Waals surface area (Å²) in [6.07, 6.45) is 0.836. The van der Waals surface area contributed by atoms with Crippen LogP contribution in [0.3, 0.4) is 0 Å². The Bertz CT molecular complexity index is 646. The van der Waals surface area contributed by atoms with E-state index in [-0.39, 0.29) is 6.10 Å². The van der Waals surface area contributed by atoms with Gasteiger partial charge in [-0.15, -0.1) is 0 Å². The standard InChI is InChI=1S/C15H18Cl2N4O/c1-2-14-18-15(20-19-14)9-21-5-6-22-13(8-21)10-3-4-11(16)12(17)7-10/h3-4,7,13H,2,5-6,8-9H2,1H3,(H,18,19,20). The molecule has 0 aliphatic carbocycles. The molecule has 22 heavy (non-hydrogen) atoms. The summed E-state index contributed by atoms with van der Waals surface area (Å²) in [5.74, 6) is 1.75. The highest BCUT2D eigenvalue weighted by Crippen LogP contribution is 2.29. The summed E-state index contributed by atoms with van der Waals surface area (Å²) in [4.78, 5) is 6.76. The third-order valence-electron chi connectivity index (χ3n) is 3.73. The van der Waals surface area contributed by atoms with Crippen LogP contribution in [0.15, 0.2) is 18.2 Å². The lowest BCUT2D eigenvalue weighted by atomic mass is 10.1. The van der Waals surface area contributed by atoms with Crippen LogP contribution in [0.5, 0.6) is 0 Å². The summed E-state index contributed by atoms with van der Waals surface area (Å²) in [7, 11) is 0. The fraction of sp³-hybridized carbons (Fsp3) is 0.467. The van der Waals surface area contributed by atoms with E-state index in [9.17, 15) is 0 Å². The molecule has 1 saturated heterocycles. The summed E-state index contributed by atoms with van der Waals surface area (Å²) >= 11 is 12.1. The molecular formula is C15H18Cl2N4O. The molecule has 1 fully saturated rings. The van der Waals surface area contributed by atoms with E-state index in [2.05, 4.69) is 20.1 Å². The topological polar surface area (TPSA) is 54.0 Å². The Morgan fingerprint density at radius 2 is 2.23 bits per heavy atom. The minimum absolute atomic E-state index is 0.00270. The second-order valence-corrected chi connectivity index (χ2v) is 6.13. The van der Waals surface area contributed by atoms with Gasteiger partial charge in [-0.3, -0.25) is 10.00 Å². The van der Waals surface area contributed by atoms with Crippen molar-refractivity contribution in [3.05, 3.63) is 45.5 Å². The van der Waals surface area contributed by atoms with Gasteiger partial charge >= 0.3 is 0 Å². The monoisotopic (exact) mass is 340 g/mol. The van der Waals surface area contributed by atoms with E-state index in [0.717, 1.165) is 43.3 Å². The minimum Gasteiger partial charge on any atom is -0.371 e. The second-order valence-electron chi connectivity index (χ2n) is 5.32. The molecule has 0 amide bonds. The molecule has 5 nitrogen and oxygen atoms in total. The number of halogens is 2. The van der Waals surface area contributed by atoms with Gasteiger partial charge < -0.3 is 4.74 Å². The van der Waals surface area contributed by atoms with Crippen LogP contribution in [-0.2, 0) is 17.7 Å². The molecule has 1 aromatic heterocycles. The van der Waals surface area contributed by atoms with E-state index in [1.54, 1.807) is 0 Å². The SMILES string of the molecule is CCc1n[nH]c(CN2CCOC(c3ccc(Cl)c(Cl)c3)C2)n1. The lowest BCUT2D eigenvalue weighted by molar-refractivity contribution is -0.0336. The Kier molecular flexibility index (Phi) is 4.98. The van der Waals surface area contributed by atoms with E-state index in [1.807, 2.05) is 25.1 Å². The van der Waals surface area contributed by atoms with Crippen molar-refractivity contribution in [2.45, 2.75) is 26.0 Å². The van der Waals surface area contributed by atoms with Crippen molar-refractivity contribution < 1.29 is 4.74 Å². The molecule has 1 aliphatic heterocycles. The molecule has 0 saturated carbocycles. The van der Waals surface area contributed by atoms with E-state index in [1.165, 1.54) is 0 Å². The maximum Gasteiger partial charge on any atom is 0.150 e. The first-order chi connectivity index (χ1) is 10.7. The normalized spacial score (nSPS) is 19.5. The molecule has 3 rings (SSSR count). The molecule has 0 radical (unpaired) electrons. The predicted molar refractivity (Wildman–Crippen MR) is 86.2 cm³/mol. The van der Waals surface area contributed by atoms with Crippen LogP contribution >= 0.6 is 23.2 Å². The molecule has 1 N–H and O–H groups in total. The van der Waals surface area contributed by atoms with Crippen molar-refractivity contribution in [3.8, 4) is 0 Å². The molecule has 1 atom stereocenters. The Labute approximate surface area is 139 Å². The van der Waals surface area contributed by atoms with Gasteiger partial charge in [0.2, 0.25) is 0 Å². The number of hydrogen-bond acceptors (Lipinski definition) is 4. The van der Waals surface area contributed by atoms with Gasteiger partial charge in [0.05, 0.1) is 29.3 Å². The smallest absolute Gasteiger partial charge is 0.150 e. The first-order valence-electron chi connectivity index (χ1n) is 7.34. The number of ether oxygens (including phenoxy) is 1. The third kappa shape index (κ3) is 3.60. The number of nitrogens with one attached hydrogen (secondary N) is 1. The maximum atomic E-state index is 6.09. The average Bonchev–Trinajstić information content (AvgIpc) is 2.98. The Morgan fingerprint density at radius 1 is 1.36 bits per heavy atom. The molecule has 1 unspecified atom stereocenters. The zero-order valence-corrected chi connectivity index (χ0v) is 13.9. The number of aromatic amines is 1. The summed E-state index contributed by atoms with van der Waals surface area (Å²) in [6, 6.07) is 5.65. The van der Waals surface area contributed by atoms with Gasteiger partial charge in [-0.2, -0.15) is 5.10 Å². The lowest BCUT2D eigenvalue weighted by Crippen LogP contribution is -2.38. The summed E-state index contributed by atoms with van der Waals surface area (Å²) in [5, 5.41) is 8.29. The van der Waals surface area contributed by atoms with Crippen molar-refractivity contribution >= 4 is 23.2 Å². The number of hydrogen-bond donors (Lipinski definition) is 1. The van der Waals surface area contributed by atoms with E-state index < -0.39 is 0 Å². The number of aromatic nitrogens is 3. The first-order valence-corrected chi connectivity index (χ1v) is 8.10. The van der Waals surface area contributed by atoms with Gasteiger partial charge in [0.1, 0.15) is 11.6 Å². The molecular weight excluding hydrogens is 323 g/mol.